The van der Waals surface area contributed by atoms with Crippen molar-refractivity contribution in [2.75, 3.05) is 26.0 Å². The van der Waals surface area contributed by atoms with E-state index >= 15 is 0 Å². The Morgan fingerprint density at radius 3 is 2.84 bits per heavy atom. The third-order valence-electron chi connectivity index (χ3n) is 2.53. The molecule has 2 N–H and O–H groups in total. The maximum atomic E-state index is 11.6. The van der Waals surface area contributed by atoms with E-state index in [2.05, 4.69) is 10.3 Å². The standard InChI is InChI=1S/C13H20N2O3S/c1-13(17,5-8-18-2)10-15-12(16)9-19-11-3-6-14-7-4-11/h3-4,6-7,17H,5,8-10H2,1-2H3,(H,15,16). The normalized spacial score (nSPS) is 13.8. The van der Waals surface area contributed by atoms with Crippen LogP contribution in [0.1, 0.15) is 13.3 Å². The summed E-state index contributed by atoms with van der Waals surface area (Å²) in [6, 6.07) is 3.71. The summed E-state index contributed by atoms with van der Waals surface area (Å²) in [4.78, 5) is 16.6. The zero-order chi connectivity index (χ0) is 14.1. The summed E-state index contributed by atoms with van der Waals surface area (Å²) in [5.41, 5.74) is -0.937. The van der Waals surface area contributed by atoms with Gasteiger partial charge in [-0.25, -0.2) is 0 Å². The van der Waals surface area contributed by atoms with Crippen LogP contribution in [0.2, 0.25) is 0 Å². The average molecular weight is 284 g/mol. The number of hydrogen-bond acceptors (Lipinski definition) is 5. The first-order chi connectivity index (χ1) is 9.03. The molecule has 0 saturated heterocycles. The molecular formula is C13H20N2O3S. The Kier molecular flexibility index (Phi) is 6.83. The molecular weight excluding hydrogens is 264 g/mol. The molecule has 1 atom stereocenters. The van der Waals surface area contributed by atoms with Gasteiger partial charge in [0.05, 0.1) is 11.4 Å². The predicted molar refractivity (Wildman–Crippen MR) is 75.1 cm³/mol. The molecule has 0 aliphatic carbocycles. The Morgan fingerprint density at radius 1 is 1.53 bits per heavy atom. The van der Waals surface area contributed by atoms with Crippen LogP contribution in [0.5, 0.6) is 0 Å². The second kappa shape index (κ2) is 8.14. The van der Waals surface area contributed by atoms with Gasteiger partial charge in [0.1, 0.15) is 0 Å². The van der Waals surface area contributed by atoms with Gasteiger partial charge in [0.2, 0.25) is 5.91 Å². The summed E-state index contributed by atoms with van der Waals surface area (Å²) in [7, 11) is 1.58. The topological polar surface area (TPSA) is 71.5 Å². The summed E-state index contributed by atoms with van der Waals surface area (Å²) in [6.45, 7) is 2.38. The van der Waals surface area contributed by atoms with E-state index in [-0.39, 0.29) is 12.5 Å². The third kappa shape index (κ3) is 7.15. The van der Waals surface area contributed by atoms with Gasteiger partial charge in [-0.1, -0.05) is 0 Å². The molecule has 0 fully saturated rings. The first-order valence-corrected chi connectivity index (χ1v) is 7.03. The maximum Gasteiger partial charge on any atom is 0.230 e. The second-order valence-corrected chi connectivity index (χ2v) is 5.54. The van der Waals surface area contributed by atoms with Crippen molar-refractivity contribution in [1.82, 2.24) is 10.3 Å². The molecule has 1 rings (SSSR count). The van der Waals surface area contributed by atoms with Crippen LogP contribution in [0.25, 0.3) is 0 Å². The van der Waals surface area contributed by atoms with E-state index in [0.29, 0.717) is 18.8 Å². The molecule has 0 aliphatic heterocycles. The van der Waals surface area contributed by atoms with Gasteiger partial charge in [0.25, 0.3) is 0 Å². The highest BCUT2D eigenvalue weighted by atomic mass is 32.2. The van der Waals surface area contributed by atoms with Crippen LogP contribution in [0, 0.1) is 0 Å². The van der Waals surface area contributed by atoms with Crippen molar-refractivity contribution < 1.29 is 14.6 Å². The summed E-state index contributed by atoms with van der Waals surface area (Å²) < 4.78 is 4.91. The highest BCUT2D eigenvalue weighted by molar-refractivity contribution is 8.00. The largest absolute Gasteiger partial charge is 0.388 e. The lowest BCUT2D eigenvalue weighted by atomic mass is 10.0. The van der Waals surface area contributed by atoms with E-state index in [4.69, 9.17) is 4.74 Å². The molecule has 0 bridgehead atoms. The van der Waals surface area contributed by atoms with Gasteiger partial charge in [-0.3, -0.25) is 9.78 Å². The van der Waals surface area contributed by atoms with E-state index in [9.17, 15) is 9.90 Å². The van der Waals surface area contributed by atoms with Crippen LogP contribution in [0.3, 0.4) is 0 Å². The van der Waals surface area contributed by atoms with E-state index in [1.165, 1.54) is 11.8 Å². The Bertz CT molecular complexity index is 385. The van der Waals surface area contributed by atoms with Crippen molar-refractivity contribution in [2.45, 2.75) is 23.8 Å². The van der Waals surface area contributed by atoms with Crippen molar-refractivity contribution in [1.29, 1.82) is 0 Å². The van der Waals surface area contributed by atoms with E-state index < -0.39 is 5.60 Å². The van der Waals surface area contributed by atoms with Gasteiger partial charge in [-0.15, -0.1) is 11.8 Å². The van der Waals surface area contributed by atoms with E-state index in [0.717, 1.165) is 4.90 Å². The summed E-state index contributed by atoms with van der Waals surface area (Å²) in [5.74, 6) is 0.226. The number of nitrogens with one attached hydrogen (secondary N) is 1. The number of rotatable bonds is 8. The number of carbonyl (C=O) groups is 1. The monoisotopic (exact) mass is 284 g/mol. The molecule has 0 saturated carbocycles. The maximum absolute atomic E-state index is 11.6. The Morgan fingerprint density at radius 2 is 2.21 bits per heavy atom. The van der Waals surface area contributed by atoms with Crippen molar-refractivity contribution in [2.24, 2.45) is 0 Å². The van der Waals surface area contributed by atoms with Crippen molar-refractivity contribution in [3.05, 3.63) is 24.5 Å². The van der Waals surface area contributed by atoms with Crippen LogP contribution < -0.4 is 5.32 Å². The summed E-state index contributed by atoms with van der Waals surface area (Å²) >= 11 is 1.44. The fourth-order valence-electron chi connectivity index (χ4n) is 1.33. The number of amides is 1. The van der Waals surface area contributed by atoms with Gasteiger partial charge in [-0.2, -0.15) is 0 Å². The average Bonchev–Trinajstić information content (AvgIpc) is 2.42. The van der Waals surface area contributed by atoms with Gasteiger partial charge in [-0.05, 0) is 19.1 Å². The fourth-order valence-corrected chi connectivity index (χ4v) is 2.05. The number of thioether (sulfide) groups is 1. The second-order valence-electron chi connectivity index (χ2n) is 4.49. The fraction of sp³-hybridized carbons (Fsp3) is 0.538. The zero-order valence-corrected chi connectivity index (χ0v) is 12.1. The molecule has 5 nitrogen and oxygen atoms in total. The molecule has 1 amide bonds. The van der Waals surface area contributed by atoms with Crippen molar-refractivity contribution >= 4 is 17.7 Å². The van der Waals surface area contributed by atoms with Gasteiger partial charge in [0.15, 0.2) is 0 Å². The van der Waals surface area contributed by atoms with E-state index in [1.54, 1.807) is 26.4 Å². The van der Waals surface area contributed by atoms with Crippen LogP contribution in [0.15, 0.2) is 29.4 Å². The van der Waals surface area contributed by atoms with Crippen molar-refractivity contribution in [3.8, 4) is 0 Å². The molecule has 6 heteroatoms. The van der Waals surface area contributed by atoms with Gasteiger partial charge < -0.3 is 15.2 Å². The van der Waals surface area contributed by atoms with Crippen LogP contribution in [-0.4, -0.2) is 47.6 Å². The number of aromatic nitrogens is 1. The number of aliphatic hydroxyl groups is 1. The molecule has 0 spiro atoms. The minimum atomic E-state index is -0.937. The van der Waals surface area contributed by atoms with Crippen LogP contribution in [0.4, 0.5) is 0 Å². The predicted octanol–water partition coefficient (Wildman–Crippen LogP) is 1.08. The Labute approximate surface area is 117 Å². The highest BCUT2D eigenvalue weighted by Gasteiger charge is 2.20. The SMILES string of the molecule is COCCC(C)(O)CNC(=O)CSc1ccncc1. The number of hydrogen-bond donors (Lipinski definition) is 2. The van der Waals surface area contributed by atoms with Crippen LogP contribution in [-0.2, 0) is 9.53 Å². The first-order valence-electron chi connectivity index (χ1n) is 6.04. The molecule has 1 aromatic rings. The molecule has 1 heterocycles. The molecule has 0 aliphatic rings. The molecule has 1 aromatic heterocycles. The smallest absolute Gasteiger partial charge is 0.230 e. The Balaban J connectivity index is 2.24. The first kappa shape index (κ1) is 15.9. The Hall–Kier alpha value is -1.11. The number of pyridine rings is 1. The molecule has 0 aromatic carbocycles. The molecule has 0 radical (unpaired) electrons. The number of methoxy groups -OCH3 is 1. The van der Waals surface area contributed by atoms with Gasteiger partial charge in [0, 0.05) is 44.0 Å². The minimum absolute atomic E-state index is 0.0977. The van der Waals surface area contributed by atoms with Gasteiger partial charge >= 0.3 is 0 Å². The summed E-state index contributed by atoms with van der Waals surface area (Å²) in [6.07, 6.45) is 3.87. The molecule has 19 heavy (non-hydrogen) atoms. The third-order valence-corrected chi connectivity index (χ3v) is 3.54. The van der Waals surface area contributed by atoms with Crippen LogP contribution >= 0.6 is 11.8 Å². The quantitative estimate of drug-likeness (QED) is 0.699. The zero-order valence-electron chi connectivity index (χ0n) is 11.3. The van der Waals surface area contributed by atoms with Crippen molar-refractivity contribution in [3.63, 3.8) is 0 Å². The summed E-state index contributed by atoms with van der Waals surface area (Å²) in [5, 5.41) is 12.7. The lowest BCUT2D eigenvalue weighted by Gasteiger charge is -2.23. The molecule has 106 valence electrons. The molecule has 1 unspecified atom stereocenters. The lowest BCUT2D eigenvalue weighted by Crippen LogP contribution is -2.41. The van der Waals surface area contributed by atoms with E-state index in [1.807, 2.05) is 12.1 Å². The lowest BCUT2D eigenvalue weighted by molar-refractivity contribution is -0.119. The number of ether oxygens (including phenoxy) is 1. The number of nitrogens with zero attached hydrogens (tertiary/aromatic N) is 1. The minimum Gasteiger partial charge on any atom is -0.388 e. The number of carbonyl (C=O) groups excluding carboxylic acids is 1. The highest BCUT2D eigenvalue weighted by Crippen LogP contribution is 2.15.